The highest BCUT2D eigenvalue weighted by atomic mass is 79.9. The van der Waals surface area contributed by atoms with Gasteiger partial charge in [-0.25, -0.2) is 0 Å². The summed E-state index contributed by atoms with van der Waals surface area (Å²) in [4.78, 5) is 1.33. The molecule has 0 amide bonds. The van der Waals surface area contributed by atoms with Gasteiger partial charge in [-0.05, 0) is 46.8 Å². The van der Waals surface area contributed by atoms with E-state index in [1.807, 2.05) is 0 Å². The van der Waals surface area contributed by atoms with E-state index in [1.54, 1.807) is 11.3 Å². The van der Waals surface area contributed by atoms with E-state index in [0.717, 1.165) is 19.1 Å². The van der Waals surface area contributed by atoms with Gasteiger partial charge >= 0.3 is 0 Å². The number of nitrogens with one attached hydrogen (secondary N) is 1. The van der Waals surface area contributed by atoms with E-state index in [0.29, 0.717) is 6.04 Å². The second-order valence-corrected chi connectivity index (χ2v) is 7.16. The van der Waals surface area contributed by atoms with Crippen LogP contribution in [0.25, 0.3) is 0 Å². The standard InChI is InChI=1S/C12H16BrNOS/c13-12-5-4-11(16-12)10-6-14-9-3-1-2-8(9)7-15-10/h4-5,8-10,14H,1-3,6-7H2. The third kappa shape index (κ3) is 2.21. The van der Waals surface area contributed by atoms with Crippen LogP contribution in [0.5, 0.6) is 0 Å². The maximum absolute atomic E-state index is 6.04. The molecule has 4 heteroatoms. The van der Waals surface area contributed by atoms with E-state index >= 15 is 0 Å². The number of ether oxygens (including phenoxy) is 1. The van der Waals surface area contributed by atoms with Crippen molar-refractivity contribution in [3.63, 3.8) is 0 Å². The van der Waals surface area contributed by atoms with Crippen molar-refractivity contribution >= 4 is 27.3 Å². The summed E-state index contributed by atoms with van der Waals surface area (Å²) in [5.74, 6) is 0.744. The molecule has 1 saturated carbocycles. The Labute approximate surface area is 109 Å². The molecule has 1 aliphatic carbocycles. The van der Waals surface area contributed by atoms with Gasteiger partial charge in [0, 0.05) is 17.5 Å². The molecule has 2 heterocycles. The smallest absolute Gasteiger partial charge is 0.104 e. The molecule has 88 valence electrons. The number of hydrogen-bond acceptors (Lipinski definition) is 3. The van der Waals surface area contributed by atoms with Crippen molar-refractivity contribution in [1.29, 1.82) is 0 Å². The van der Waals surface area contributed by atoms with Crippen LogP contribution in [0.2, 0.25) is 0 Å². The Bertz CT molecular complexity index is 354. The lowest BCUT2D eigenvalue weighted by Crippen LogP contribution is -2.32. The van der Waals surface area contributed by atoms with Crippen LogP contribution in [0.4, 0.5) is 0 Å². The third-order valence-electron chi connectivity index (χ3n) is 3.65. The second kappa shape index (κ2) is 4.77. The molecule has 3 atom stereocenters. The average molecular weight is 302 g/mol. The molecule has 0 bridgehead atoms. The molecule has 2 fully saturated rings. The largest absolute Gasteiger partial charge is 0.371 e. The van der Waals surface area contributed by atoms with Crippen LogP contribution < -0.4 is 5.32 Å². The van der Waals surface area contributed by atoms with Gasteiger partial charge in [-0.1, -0.05) is 6.42 Å². The summed E-state index contributed by atoms with van der Waals surface area (Å²) >= 11 is 5.29. The van der Waals surface area contributed by atoms with E-state index in [1.165, 1.54) is 27.9 Å². The lowest BCUT2D eigenvalue weighted by atomic mass is 10.1. The molecule has 2 nitrogen and oxygen atoms in total. The molecule has 16 heavy (non-hydrogen) atoms. The maximum atomic E-state index is 6.04. The number of thiophene rings is 1. The molecule has 1 N–H and O–H groups in total. The van der Waals surface area contributed by atoms with E-state index in [-0.39, 0.29) is 6.10 Å². The third-order valence-corrected chi connectivity index (χ3v) is 5.36. The van der Waals surface area contributed by atoms with Crippen LogP contribution in [0.3, 0.4) is 0 Å². The predicted molar refractivity (Wildman–Crippen MR) is 69.8 cm³/mol. The molecule has 1 aliphatic heterocycles. The van der Waals surface area contributed by atoms with Crippen molar-refractivity contribution in [3.8, 4) is 0 Å². The van der Waals surface area contributed by atoms with Gasteiger partial charge in [0.25, 0.3) is 0 Å². The monoisotopic (exact) mass is 301 g/mol. The Hall–Kier alpha value is 0.1000. The fourth-order valence-electron chi connectivity index (χ4n) is 2.75. The minimum atomic E-state index is 0.252. The highest BCUT2D eigenvalue weighted by molar-refractivity contribution is 9.11. The molecule has 0 aromatic carbocycles. The molecular weight excluding hydrogens is 286 g/mol. The molecule has 3 rings (SSSR count). The lowest BCUT2D eigenvalue weighted by Gasteiger charge is -2.14. The highest BCUT2D eigenvalue weighted by Crippen LogP contribution is 2.34. The Morgan fingerprint density at radius 2 is 2.31 bits per heavy atom. The Morgan fingerprint density at radius 3 is 3.12 bits per heavy atom. The van der Waals surface area contributed by atoms with Crippen LogP contribution in [0.15, 0.2) is 15.9 Å². The SMILES string of the molecule is Brc1ccc(C2CNC3CCCC3CO2)s1. The number of hydrogen-bond donors (Lipinski definition) is 1. The summed E-state index contributed by atoms with van der Waals surface area (Å²) in [7, 11) is 0. The van der Waals surface area contributed by atoms with E-state index in [9.17, 15) is 0 Å². The molecule has 1 aromatic heterocycles. The van der Waals surface area contributed by atoms with Gasteiger partial charge in [0.2, 0.25) is 0 Å². The van der Waals surface area contributed by atoms with E-state index in [2.05, 4.69) is 33.4 Å². The summed E-state index contributed by atoms with van der Waals surface area (Å²) in [5, 5.41) is 3.67. The lowest BCUT2D eigenvalue weighted by molar-refractivity contribution is 0.0495. The summed E-state index contributed by atoms with van der Waals surface area (Å²) in [6.45, 7) is 1.89. The fraction of sp³-hybridized carbons (Fsp3) is 0.667. The molecule has 1 aromatic rings. The molecular formula is C12H16BrNOS. The molecule has 2 aliphatic rings. The van der Waals surface area contributed by atoms with Gasteiger partial charge in [0.1, 0.15) is 6.10 Å². The van der Waals surface area contributed by atoms with Crippen molar-refractivity contribution in [2.45, 2.75) is 31.4 Å². The van der Waals surface area contributed by atoms with E-state index < -0.39 is 0 Å². The molecule has 3 unspecified atom stereocenters. The summed E-state index contributed by atoms with van der Waals surface area (Å²) in [6, 6.07) is 4.98. The van der Waals surface area contributed by atoms with Crippen LogP contribution in [0, 0.1) is 5.92 Å². The average Bonchev–Trinajstić information content (AvgIpc) is 2.85. The van der Waals surface area contributed by atoms with Crippen molar-refractivity contribution in [1.82, 2.24) is 5.32 Å². The van der Waals surface area contributed by atoms with Crippen molar-refractivity contribution < 1.29 is 4.74 Å². The van der Waals surface area contributed by atoms with Crippen LogP contribution in [0.1, 0.15) is 30.2 Å². The van der Waals surface area contributed by atoms with Gasteiger partial charge in [0.15, 0.2) is 0 Å². The topological polar surface area (TPSA) is 21.3 Å². The van der Waals surface area contributed by atoms with E-state index in [4.69, 9.17) is 4.74 Å². The van der Waals surface area contributed by atoms with Gasteiger partial charge in [-0.3, -0.25) is 0 Å². The van der Waals surface area contributed by atoms with Crippen molar-refractivity contribution in [3.05, 3.63) is 20.8 Å². The van der Waals surface area contributed by atoms with Crippen LogP contribution >= 0.6 is 27.3 Å². The Kier molecular flexibility index (Phi) is 3.34. The fourth-order valence-corrected chi connectivity index (χ4v) is 4.22. The normalized spacial score (nSPS) is 34.7. The van der Waals surface area contributed by atoms with Crippen LogP contribution in [-0.2, 0) is 4.74 Å². The summed E-state index contributed by atoms with van der Waals surface area (Å²) < 4.78 is 7.23. The van der Waals surface area contributed by atoms with Gasteiger partial charge in [0.05, 0.1) is 10.4 Å². The minimum Gasteiger partial charge on any atom is -0.371 e. The zero-order chi connectivity index (χ0) is 11.0. The van der Waals surface area contributed by atoms with Crippen molar-refractivity contribution in [2.24, 2.45) is 5.92 Å². The zero-order valence-electron chi connectivity index (χ0n) is 9.12. The minimum absolute atomic E-state index is 0.252. The van der Waals surface area contributed by atoms with Gasteiger partial charge in [-0.2, -0.15) is 0 Å². The molecule has 0 radical (unpaired) electrons. The molecule has 0 spiro atoms. The highest BCUT2D eigenvalue weighted by Gasteiger charge is 2.31. The molecule has 1 saturated heterocycles. The number of halogens is 1. The van der Waals surface area contributed by atoms with Crippen molar-refractivity contribution in [2.75, 3.05) is 13.2 Å². The first-order valence-electron chi connectivity index (χ1n) is 5.93. The second-order valence-electron chi connectivity index (χ2n) is 4.67. The Balaban J connectivity index is 1.70. The van der Waals surface area contributed by atoms with Gasteiger partial charge in [-0.15, -0.1) is 11.3 Å². The maximum Gasteiger partial charge on any atom is 0.104 e. The first-order chi connectivity index (χ1) is 7.83. The van der Waals surface area contributed by atoms with Crippen LogP contribution in [-0.4, -0.2) is 19.2 Å². The Morgan fingerprint density at radius 1 is 1.38 bits per heavy atom. The predicted octanol–water partition coefficient (Wildman–Crippen LogP) is 3.34. The first-order valence-corrected chi connectivity index (χ1v) is 7.54. The summed E-state index contributed by atoms with van der Waals surface area (Å²) in [6.07, 6.45) is 4.27. The summed E-state index contributed by atoms with van der Waals surface area (Å²) in [5.41, 5.74) is 0. The zero-order valence-corrected chi connectivity index (χ0v) is 11.5. The van der Waals surface area contributed by atoms with Gasteiger partial charge < -0.3 is 10.1 Å². The first kappa shape index (κ1) is 11.2. The number of rotatable bonds is 1. The number of fused-ring (bicyclic) bond motifs is 1. The quantitative estimate of drug-likeness (QED) is 0.859.